The highest BCUT2D eigenvalue weighted by Gasteiger charge is 2.43. The number of ether oxygens (including phenoxy) is 3. The Hall–Kier alpha value is -4.79. The molecule has 3 heterocycles. The van der Waals surface area contributed by atoms with Gasteiger partial charge in [0.25, 0.3) is 0 Å². The Morgan fingerprint density at radius 2 is 1.70 bits per heavy atom. The molecule has 7 rings (SSSR count). The maximum absolute atomic E-state index is 15.8. The van der Waals surface area contributed by atoms with Gasteiger partial charge >= 0.3 is 12.1 Å². The van der Waals surface area contributed by atoms with Crippen LogP contribution in [0.15, 0.2) is 71.7 Å². The van der Waals surface area contributed by atoms with E-state index >= 15 is 8.78 Å². The fraction of sp³-hybridized carbons (Fsp3) is 0.452. The molecule has 1 aromatic heterocycles. The van der Waals surface area contributed by atoms with Gasteiger partial charge in [0.1, 0.15) is 36.3 Å². The average molecular weight is 788 g/mol. The van der Waals surface area contributed by atoms with Crippen LogP contribution >= 0.6 is 0 Å². The molecule has 11 nitrogen and oxygen atoms in total. The van der Waals surface area contributed by atoms with Gasteiger partial charge in [-0.2, -0.15) is 0 Å². The van der Waals surface area contributed by atoms with E-state index in [1.165, 1.54) is 29.3 Å². The molecule has 0 spiro atoms. The van der Waals surface area contributed by atoms with Crippen molar-refractivity contribution in [2.45, 2.75) is 95.3 Å². The first-order chi connectivity index (χ1) is 26.5. The number of hydrogen-bond acceptors (Lipinski definition) is 9. The predicted molar refractivity (Wildman–Crippen MR) is 209 cm³/mol. The number of anilines is 2. The topological polar surface area (TPSA) is 120 Å². The third-order valence-electron chi connectivity index (χ3n) is 10.4. The highest BCUT2D eigenvalue weighted by Crippen LogP contribution is 2.39. The summed E-state index contributed by atoms with van der Waals surface area (Å²) >= 11 is 0. The van der Waals surface area contributed by atoms with Gasteiger partial charge in [0.2, 0.25) is 15.2 Å². The first kappa shape index (κ1) is 39.4. The monoisotopic (exact) mass is 787 g/mol. The molecule has 2 saturated heterocycles. The Balaban J connectivity index is 0.988. The van der Waals surface area contributed by atoms with Crippen LogP contribution < -0.4 is 20.0 Å². The van der Waals surface area contributed by atoms with Crippen molar-refractivity contribution in [1.29, 1.82) is 0 Å². The van der Waals surface area contributed by atoms with Crippen molar-refractivity contribution in [3.8, 4) is 5.75 Å². The Morgan fingerprint density at radius 1 is 0.982 bits per heavy atom. The molecule has 0 bridgehead atoms. The van der Waals surface area contributed by atoms with E-state index in [4.69, 9.17) is 18.6 Å². The predicted octanol–water partition coefficient (Wildman–Crippen LogP) is 7.34. The molecule has 296 valence electrons. The molecule has 2 aliphatic heterocycles. The van der Waals surface area contributed by atoms with Gasteiger partial charge < -0.3 is 33.2 Å². The van der Waals surface area contributed by atoms with Crippen LogP contribution in [-0.4, -0.2) is 75.0 Å². The Kier molecular flexibility index (Phi) is 10.8. The van der Waals surface area contributed by atoms with Gasteiger partial charge in [0.05, 0.1) is 29.0 Å². The van der Waals surface area contributed by atoms with Crippen LogP contribution in [0.4, 0.5) is 25.0 Å². The Morgan fingerprint density at radius 3 is 2.36 bits per heavy atom. The lowest BCUT2D eigenvalue weighted by Gasteiger charge is -2.39. The van der Waals surface area contributed by atoms with E-state index < -0.39 is 46.4 Å². The van der Waals surface area contributed by atoms with Gasteiger partial charge in [0.15, 0.2) is 11.6 Å². The summed E-state index contributed by atoms with van der Waals surface area (Å²) in [5.74, 6) is -2.16. The van der Waals surface area contributed by atoms with E-state index in [1.54, 1.807) is 17.0 Å². The van der Waals surface area contributed by atoms with Crippen LogP contribution in [-0.2, 0) is 20.5 Å². The number of rotatable bonds is 12. The van der Waals surface area contributed by atoms with Gasteiger partial charge in [-0.05, 0) is 74.4 Å². The number of amides is 1. The lowest BCUT2D eigenvalue weighted by molar-refractivity contribution is -0.0250. The molecule has 14 heteroatoms. The van der Waals surface area contributed by atoms with E-state index in [-0.39, 0.29) is 88.9 Å². The molecule has 4 aromatic rings. The van der Waals surface area contributed by atoms with Crippen LogP contribution in [0.5, 0.6) is 5.75 Å². The molecule has 1 aliphatic carbocycles. The van der Waals surface area contributed by atoms with Gasteiger partial charge in [-0.15, -0.1) is 0 Å². The fourth-order valence-electron chi connectivity index (χ4n) is 6.88. The molecule has 2 radical (unpaired) electrons. The zero-order valence-corrected chi connectivity index (χ0v) is 33.3. The van der Waals surface area contributed by atoms with E-state index in [0.29, 0.717) is 11.2 Å². The van der Waals surface area contributed by atoms with Crippen molar-refractivity contribution < 1.29 is 42.1 Å². The zero-order valence-electron chi connectivity index (χ0n) is 32.3. The minimum atomic E-state index is -1.31. The second kappa shape index (κ2) is 15.3. The lowest BCUT2D eigenvalue weighted by Crippen LogP contribution is -2.48. The summed E-state index contributed by atoms with van der Waals surface area (Å²) in [5, 5.41) is 11.5. The second-order valence-electron chi connectivity index (χ2n) is 16.5. The van der Waals surface area contributed by atoms with Crippen LogP contribution in [0.1, 0.15) is 82.3 Å². The minimum absolute atomic E-state index is 0.00619. The SMILES string of the molecule is CC(C)(C)[Si]OC(C)(C)C1CN(c2ccc(OCC3(O)CCN(c4cc5c(cc4F)c(=O)c(C(=O)OCc4ccccc4)cn5C4CC4)CC3)c(F)c2)C(=O)O1. The lowest BCUT2D eigenvalue weighted by atomic mass is 9.92. The summed E-state index contributed by atoms with van der Waals surface area (Å²) in [5.41, 5.74) is -0.903. The van der Waals surface area contributed by atoms with Crippen molar-refractivity contribution in [1.82, 2.24) is 4.57 Å². The summed E-state index contributed by atoms with van der Waals surface area (Å²) in [7, 11) is 0.197. The number of piperidine rings is 1. The maximum atomic E-state index is 15.8. The number of benzene rings is 3. The summed E-state index contributed by atoms with van der Waals surface area (Å²) in [6.07, 6.45) is 2.52. The molecule has 3 aliphatic rings. The number of cyclic esters (lactones) is 1. The number of aromatic nitrogens is 1. The number of carbonyl (C=O) groups excluding carboxylic acids is 2. The first-order valence-corrected chi connectivity index (χ1v) is 19.8. The van der Waals surface area contributed by atoms with Crippen molar-refractivity contribution in [2.75, 3.05) is 36.0 Å². The first-order valence-electron chi connectivity index (χ1n) is 18.9. The largest absolute Gasteiger partial charge is 0.488 e. The van der Waals surface area contributed by atoms with E-state index in [1.807, 2.05) is 48.7 Å². The highest BCUT2D eigenvalue weighted by atomic mass is 28.2. The van der Waals surface area contributed by atoms with E-state index in [2.05, 4.69) is 20.8 Å². The number of carbonyl (C=O) groups is 2. The van der Waals surface area contributed by atoms with E-state index in [9.17, 15) is 19.5 Å². The quantitative estimate of drug-likeness (QED) is 0.116. The molecular formula is C42H47F2N3O8Si. The van der Waals surface area contributed by atoms with Crippen molar-refractivity contribution >= 4 is 44.1 Å². The number of halogens is 2. The molecule has 1 unspecified atom stereocenters. The number of esters is 1. The van der Waals surface area contributed by atoms with Crippen molar-refractivity contribution in [3.63, 3.8) is 0 Å². The van der Waals surface area contributed by atoms with Crippen molar-refractivity contribution in [2.24, 2.45) is 0 Å². The van der Waals surface area contributed by atoms with Gasteiger partial charge in [-0.1, -0.05) is 51.1 Å². The van der Waals surface area contributed by atoms with Gasteiger partial charge in [0, 0.05) is 36.8 Å². The summed E-state index contributed by atoms with van der Waals surface area (Å²) < 4.78 is 55.9. The third kappa shape index (κ3) is 8.62. The third-order valence-corrected chi connectivity index (χ3v) is 11.7. The number of nitrogens with zero attached hydrogens (tertiary/aromatic N) is 3. The molecule has 1 atom stereocenters. The maximum Gasteiger partial charge on any atom is 0.414 e. The van der Waals surface area contributed by atoms with E-state index in [0.717, 1.165) is 18.4 Å². The van der Waals surface area contributed by atoms with Gasteiger partial charge in [-0.25, -0.2) is 18.4 Å². The minimum Gasteiger partial charge on any atom is -0.488 e. The average Bonchev–Trinajstić information content (AvgIpc) is 3.93. The normalized spacial score (nSPS) is 18.6. The summed E-state index contributed by atoms with van der Waals surface area (Å²) in [6.45, 7) is 10.5. The molecule has 3 fully saturated rings. The number of pyridine rings is 1. The van der Waals surface area contributed by atoms with Gasteiger partial charge in [-0.3, -0.25) is 9.69 Å². The molecule has 56 heavy (non-hydrogen) atoms. The highest BCUT2D eigenvalue weighted by molar-refractivity contribution is 6.31. The Bertz CT molecular complexity index is 2180. The molecule has 1 saturated carbocycles. The summed E-state index contributed by atoms with van der Waals surface area (Å²) in [6, 6.07) is 16.2. The van der Waals surface area contributed by atoms with Crippen LogP contribution in [0, 0.1) is 11.6 Å². The second-order valence-corrected chi connectivity index (χ2v) is 18.5. The number of fused-ring (bicyclic) bond motifs is 1. The fourth-order valence-corrected chi connectivity index (χ4v) is 7.58. The molecule has 1 N–H and O–H groups in total. The smallest absolute Gasteiger partial charge is 0.414 e. The Labute approximate surface area is 327 Å². The van der Waals surface area contributed by atoms with Crippen LogP contribution in [0.25, 0.3) is 10.9 Å². The van der Waals surface area contributed by atoms with Crippen LogP contribution in [0.2, 0.25) is 5.04 Å². The standard InChI is InChI=1S/C42H47F2N3O8Si/c1-40(2,3)56-55-41(4,5)36-23-47(39(50)54-36)28-13-14-35(32(44)19-28)53-25-42(51)15-17-45(18-16-42)34-21-33-29(20-31(34)43)37(48)30(22-46(33)27-11-12-27)38(49)52-24-26-9-7-6-8-10-26/h6-10,13-14,19-22,27,36,51H,11-12,15-18,23-25H2,1-5H3. The summed E-state index contributed by atoms with van der Waals surface area (Å²) in [4.78, 5) is 42.5. The molecular weight excluding hydrogens is 741 g/mol. The number of aliphatic hydroxyl groups is 1. The van der Waals surface area contributed by atoms with Crippen molar-refractivity contribution in [3.05, 3.63) is 99.8 Å². The van der Waals surface area contributed by atoms with Crippen LogP contribution in [0.3, 0.4) is 0 Å². The zero-order chi connectivity index (χ0) is 40.0. The molecule has 1 amide bonds. The number of hydrogen-bond donors (Lipinski definition) is 1. The molecule has 3 aromatic carbocycles.